The lowest BCUT2D eigenvalue weighted by Gasteiger charge is -2.30. The third-order valence-corrected chi connectivity index (χ3v) is 5.07. The number of nitrogens with zero attached hydrogens (tertiary/aromatic N) is 1. The van der Waals surface area contributed by atoms with Crippen molar-refractivity contribution in [2.75, 3.05) is 26.8 Å². The van der Waals surface area contributed by atoms with E-state index in [2.05, 4.69) is 0 Å². The van der Waals surface area contributed by atoms with Gasteiger partial charge in [-0.15, -0.1) is 0 Å². The highest BCUT2D eigenvalue weighted by molar-refractivity contribution is 5.91. The fraction of sp³-hybridized carbons (Fsp3) is 0.318. The van der Waals surface area contributed by atoms with E-state index >= 15 is 0 Å². The van der Waals surface area contributed by atoms with Crippen LogP contribution in [-0.2, 0) is 19.1 Å². The lowest BCUT2D eigenvalue weighted by atomic mass is 9.96. The van der Waals surface area contributed by atoms with Crippen molar-refractivity contribution < 1.29 is 23.9 Å². The van der Waals surface area contributed by atoms with Gasteiger partial charge in [-0.25, -0.2) is 4.79 Å². The first-order valence-corrected chi connectivity index (χ1v) is 9.46. The number of primary amides is 1. The van der Waals surface area contributed by atoms with E-state index in [0.29, 0.717) is 25.9 Å². The molecular weight excluding hydrogens is 372 g/mol. The number of rotatable bonds is 6. The van der Waals surface area contributed by atoms with Crippen LogP contribution in [0.3, 0.4) is 0 Å². The van der Waals surface area contributed by atoms with Crippen LogP contribution in [0.4, 0.5) is 0 Å². The van der Waals surface area contributed by atoms with Crippen LogP contribution in [-0.4, -0.2) is 49.5 Å². The lowest BCUT2D eigenvalue weighted by molar-refractivity contribution is -0.149. The Morgan fingerprint density at radius 2 is 1.79 bits per heavy atom. The molecule has 0 unspecified atom stereocenters. The fourth-order valence-electron chi connectivity index (χ4n) is 3.32. The van der Waals surface area contributed by atoms with Gasteiger partial charge in [0.2, 0.25) is 5.91 Å². The van der Waals surface area contributed by atoms with Gasteiger partial charge in [0.15, 0.2) is 6.61 Å². The number of methoxy groups -OCH3 is 1. The van der Waals surface area contributed by atoms with Crippen molar-refractivity contribution >= 4 is 34.6 Å². The van der Waals surface area contributed by atoms with E-state index in [1.807, 2.05) is 36.4 Å². The maximum absolute atomic E-state index is 12.2. The fourth-order valence-corrected chi connectivity index (χ4v) is 3.32. The summed E-state index contributed by atoms with van der Waals surface area (Å²) >= 11 is 0. The zero-order valence-corrected chi connectivity index (χ0v) is 16.3. The van der Waals surface area contributed by atoms with Gasteiger partial charge < -0.3 is 20.1 Å². The number of amides is 2. The van der Waals surface area contributed by atoms with Gasteiger partial charge >= 0.3 is 5.97 Å². The Bertz CT molecular complexity index is 945. The molecule has 0 spiro atoms. The third kappa shape index (κ3) is 5.34. The Morgan fingerprint density at radius 1 is 1.10 bits per heavy atom. The van der Waals surface area contributed by atoms with Crippen molar-refractivity contribution in [3.63, 3.8) is 0 Å². The molecule has 7 nitrogen and oxygen atoms in total. The summed E-state index contributed by atoms with van der Waals surface area (Å²) in [6.45, 7) is 0.575. The quantitative estimate of drug-likeness (QED) is 0.596. The number of ether oxygens (including phenoxy) is 2. The summed E-state index contributed by atoms with van der Waals surface area (Å²) in [5, 5.41) is 2.06. The van der Waals surface area contributed by atoms with Crippen LogP contribution in [0, 0.1) is 5.92 Å². The number of carbonyl (C=O) groups excluding carboxylic acids is 3. The monoisotopic (exact) mass is 396 g/mol. The third-order valence-electron chi connectivity index (χ3n) is 5.07. The molecule has 1 heterocycles. The molecule has 0 radical (unpaired) electrons. The van der Waals surface area contributed by atoms with Gasteiger partial charge in [-0.2, -0.15) is 0 Å². The number of carbonyl (C=O) groups is 3. The molecule has 1 saturated heterocycles. The zero-order chi connectivity index (χ0) is 20.8. The van der Waals surface area contributed by atoms with Gasteiger partial charge in [0.1, 0.15) is 5.75 Å². The maximum atomic E-state index is 12.2. The lowest BCUT2D eigenvalue weighted by Crippen LogP contribution is -2.43. The highest BCUT2D eigenvalue weighted by Gasteiger charge is 2.26. The maximum Gasteiger partial charge on any atom is 0.331 e. The predicted octanol–water partition coefficient (Wildman–Crippen LogP) is 2.13. The van der Waals surface area contributed by atoms with Gasteiger partial charge in [0.25, 0.3) is 5.91 Å². The Balaban J connectivity index is 1.50. The normalized spacial score (nSPS) is 14.9. The minimum absolute atomic E-state index is 0.187. The molecule has 1 aliphatic heterocycles. The van der Waals surface area contributed by atoms with Gasteiger partial charge in [-0.1, -0.05) is 18.2 Å². The van der Waals surface area contributed by atoms with Crippen LogP contribution >= 0.6 is 0 Å². The largest absolute Gasteiger partial charge is 0.497 e. The number of piperidine rings is 1. The molecule has 7 heteroatoms. The standard InChI is InChI=1S/C22H24N2O5/c1-28-19-6-5-17-12-15(2-4-18(17)13-19)3-7-21(26)29-14-20(25)24-10-8-16(9-11-24)22(23)27/h2-7,12-13,16H,8-11,14H2,1H3,(H2,23,27)/b7-3+. The summed E-state index contributed by atoms with van der Waals surface area (Å²) in [5.74, 6) is -0.587. The average molecular weight is 396 g/mol. The summed E-state index contributed by atoms with van der Waals surface area (Å²) in [4.78, 5) is 36.8. The molecule has 0 aromatic heterocycles. The topological polar surface area (TPSA) is 98.9 Å². The molecule has 0 bridgehead atoms. The molecule has 2 amide bonds. The van der Waals surface area contributed by atoms with E-state index in [1.54, 1.807) is 18.1 Å². The first-order valence-electron chi connectivity index (χ1n) is 9.46. The first kappa shape index (κ1) is 20.4. The highest BCUT2D eigenvalue weighted by Crippen LogP contribution is 2.22. The molecule has 2 N–H and O–H groups in total. The Kier molecular flexibility index (Phi) is 6.49. The number of esters is 1. The SMILES string of the molecule is COc1ccc2cc(/C=C/C(=O)OCC(=O)N3CCC(C(N)=O)CC3)ccc2c1. The van der Waals surface area contributed by atoms with Crippen LogP contribution in [0.5, 0.6) is 5.75 Å². The Morgan fingerprint density at radius 3 is 2.48 bits per heavy atom. The second kappa shape index (κ2) is 9.23. The number of likely N-dealkylation sites (tertiary alicyclic amines) is 1. The molecule has 0 atom stereocenters. The van der Waals surface area contributed by atoms with E-state index in [4.69, 9.17) is 15.2 Å². The van der Waals surface area contributed by atoms with Crippen molar-refractivity contribution in [2.24, 2.45) is 11.7 Å². The number of fused-ring (bicyclic) bond motifs is 1. The summed E-state index contributed by atoms with van der Waals surface area (Å²) in [5.41, 5.74) is 6.13. The molecule has 29 heavy (non-hydrogen) atoms. The van der Waals surface area contributed by atoms with Crippen molar-refractivity contribution in [3.05, 3.63) is 48.0 Å². The van der Waals surface area contributed by atoms with Crippen LogP contribution in [0.1, 0.15) is 18.4 Å². The summed E-state index contributed by atoms with van der Waals surface area (Å²) < 4.78 is 10.3. The summed E-state index contributed by atoms with van der Waals surface area (Å²) in [7, 11) is 1.62. The van der Waals surface area contributed by atoms with Crippen molar-refractivity contribution in [1.29, 1.82) is 0 Å². The number of nitrogens with two attached hydrogens (primary N) is 1. The summed E-state index contributed by atoms with van der Waals surface area (Å²) in [6.07, 6.45) is 4.04. The highest BCUT2D eigenvalue weighted by atomic mass is 16.5. The summed E-state index contributed by atoms with van der Waals surface area (Å²) in [6, 6.07) is 11.6. The molecule has 152 valence electrons. The van der Waals surface area contributed by atoms with Crippen molar-refractivity contribution in [3.8, 4) is 5.75 Å². The van der Waals surface area contributed by atoms with Crippen molar-refractivity contribution in [2.45, 2.75) is 12.8 Å². The number of benzene rings is 2. The minimum Gasteiger partial charge on any atom is -0.497 e. The zero-order valence-electron chi connectivity index (χ0n) is 16.3. The van der Waals surface area contributed by atoms with E-state index in [1.165, 1.54) is 6.08 Å². The minimum atomic E-state index is -0.583. The van der Waals surface area contributed by atoms with E-state index < -0.39 is 5.97 Å². The second-order valence-corrected chi connectivity index (χ2v) is 6.97. The predicted molar refractivity (Wildman–Crippen MR) is 109 cm³/mol. The Labute approximate surface area is 169 Å². The van der Waals surface area contributed by atoms with Gasteiger partial charge in [-0.3, -0.25) is 9.59 Å². The van der Waals surface area contributed by atoms with Crippen molar-refractivity contribution in [1.82, 2.24) is 4.90 Å². The Hall–Kier alpha value is -3.35. The molecular formula is C22H24N2O5. The van der Waals surface area contributed by atoms with Crippen LogP contribution in [0.2, 0.25) is 0 Å². The average Bonchev–Trinajstić information content (AvgIpc) is 2.75. The molecule has 2 aromatic rings. The van der Waals surface area contributed by atoms with Gasteiger partial charge in [0.05, 0.1) is 7.11 Å². The number of hydrogen-bond acceptors (Lipinski definition) is 5. The molecule has 0 saturated carbocycles. The molecule has 2 aromatic carbocycles. The molecule has 3 rings (SSSR count). The first-order chi connectivity index (χ1) is 14.0. The second-order valence-electron chi connectivity index (χ2n) is 6.97. The molecule has 1 fully saturated rings. The van der Waals surface area contributed by atoms with Crippen LogP contribution < -0.4 is 10.5 Å². The van der Waals surface area contributed by atoms with Crippen LogP contribution in [0.15, 0.2) is 42.5 Å². The van der Waals surface area contributed by atoms with Gasteiger partial charge in [-0.05, 0) is 53.5 Å². The van der Waals surface area contributed by atoms with Gasteiger partial charge in [0, 0.05) is 25.1 Å². The van der Waals surface area contributed by atoms with E-state index in [0.717, 1.165) is 22.1 Å². The molecule has 1 aliphatic rings. The van der Waals surface area contributed by atoms with E-state index in [9.17, 15) is 14.4 Å². The number of hydrogen-bond donors (Lipinski definition) is 1. The van der Waals surface area contributed by atoms with Crippen LogP contribution in [0.25, 0.3) is 16.8 Å². The van der Waals surface area contributed by atoms with E-state index in [-0.39, 0.29) is 24.3 Å². The molecule has 0 aliphatic carbocycles. The smallest absolute Gasteiger partial charge is 0.331 e.